The fourth-order valence-corrected chi connectivity index (χ4v) is 4.43. The number of piperidine rings is 1. The molecule has 1 aromatic heterocycles. The Balaban J connectivity index is 1.69. The second kappa shape index (κ2) is 8.50. The third kappa shape index (κ3) is 4.27. The van der Waals surface area contributed by atoms with Crippen molar-refractivity contribution < 1.29 is 9.53 Å². The van der Waals surface area contributed by atoms with Gasteiger partial charge < -0.3 is 15.0 Å². The van der Waals surface area contributed by atoms with Crippen molar-refractivity contribution in [3.05, 3.63) is 18.0 Å². The molecule has 0 saturated carbocycles. The first-order chi connectivity index (χ1) is 12.6. The minimum Gasteiger partial charge on any atom is -0.383 e. The lowest BCUT2D eigenvalue weighted by molar-refractivity contribution is -0.137. The normalized spacial score (nSPS) is 22.8. The molecule has 26 heavy (non-hydrogen) atoms. The number of aromatic nitrogens is 2. The molecule has 1 N–H and O–H groups in total. The van der Waals surface area contributed by atoms with Gasteiger partial charge in [0.1, 0.15) is 0 Å². The molecule has 1 aromatic rings. The van der Waals surface area contributed by atoms with E-state index in [0.29, 0.717) is 25.1 Å². The fraction of sp³-hybridized carbons (Fsp3) is 0.789. The van der Waals surface area contributed by atoms with Crippen LogP contribution in [0.15, 0.2) is 12.4 Å². The van der Waals surface area contributed by atoms with E-state index in [0.717, 1.165) is 38.2 Å². The number of aryl methyl sites for hydroxylation is 1. The number of carbonyl (C=O) groups excluding carboxylic acids is 1. The van der Waals surface area contributed by atoms with E-state index in [1.165, 1.54) is 12.8 Å². The van der Waals surface area contributed by atoms with E-state index >= 15 is 0 Å². The van der Waals surface area contributed by atoms with Gasteiger partial charge in [-0.1, -0.05) is 0 Å². The molecule has 0 aliphatic carbocycles. The molecular formula is C19H33N5O2. The van der Waals surface area contributed by atoms with Crippen LogP contribution in [0.2, 0.25) is 0 Å². The zero-order valence-corrected chi connectivity index (χ0v) is 16.4. The summed E-state index contributed by atoms with van der Waals surface area (Å²) in [5, 5.41) is 7.78. The van der Waals surface area contributed by atoms with Gasteiger partial charge in [-0.25, -0.2) is 0 Å². The van der Waals surface area contributed by atoms with Crippen molar-refractivity contribution in [2.75, 3.05) is 46.9 Å². The highest BCUT2D eigenvalue weighted by Crippen LogP contribution is 2.41. The number of likely N-dealkylation sites (tertiary alicyclic amines) is 1. The topological polar surface area (TPSA) is 62.6 Å². The number of amides is 1. The molecule has 2 saturated heterocycles. The molecule has 3 heterocycles. The Morgan fingerprint density at radius 2 is 2.23 bits per heavy atom. The third-order valence-electron chi connectivity index (χ3n) is 5.95. The molecule has 1 atom stereocenters. The second-order valence-corrected chi connectivity index (χ2v) is 7.84. The molecule has 146 valence electrons. The average Bonchev–Trinajstić information content (AvgIpc) is 3.23. The van der Waals surface area contributed by atoms with Crippen LogP contribution in [0, 0.1) is 5.41 Å². The molecule has 2 fully saturated rings. The summed E-state index contributed by atoms with van der Waals surface area (Å²) >= 11 is 0. The standard InChI is InChI=1S/C19H33N5O2/c1-4-24-14-16(12-21-24)13-23(9-10-26-3)18(25)17-11-19(15-22(17)2)5-7-20-8-6-19/h12,14,17,20H,4-11,13,15H2,1-3H3. The van der Waals surface area contributed by atoms with Crippen LogP contribution in [0.25, 0.3) is 0 Å². The SMILES string of the molecule is CCn1cc(CN(CCOC)C(=O)C2CC3(CCNCC3)CN2C)cn1. The van der Waals surface area contributed by atoms with E-state index in [4.69, 9.17) is 4.74 Å². The number of methoxy groups -OCH3 is 1. The van der Waals surface area contributed by atoms with E-state index in [1.54, 1.807) is 7.11 Å². The zero-order chi connectivity index (χ0) is 18.6. The van der Waals surface area contributed by atoms with Crippen molar-refractivity contribution in [1.82, 2.24) is 24.9 Å². The van der Waals surface area contributed by atoms with Crippen LogP contribution >= 0.6 is 0 Å². The largest absolute Gasteiger partial charge is 0.383 e. The molecule has 0 bridgehead atoms. The summed E-state index contributed by atoms with van der Waals surface area (Å²) < 4.78 is 7.15. The van der Waals surface area contributed by atoms with Crippen molar-refractivity contribution in [2.24, 2.45) is 5.41 Å². The molecule has 7 nitrogen and oxygen atoms in total. The lowest BCUT2D eigenvalue weighted by atomic mass is 9.77. The average molecular weight is 364 g/mol. The summed E-state index contributed by atoms with van der Waals surface area (Å²) in [6.45, 7) is 7.84. The zero-order valence-electron chi connectivity index (χ0n) is 16.4. The molecule has 0 aromatic carbocycles. The monoisotopic (exact) mass is 363 g/mol. The van der Waals surface area contributed by atoms with Crippen LogP contribution in [0.4, 0.5) is 0 Å². The molecule has 1 spiro atoms. The summed E-state index contributed by atoms with van der Waals surface area (Å²) in [6.07, 6.45) is 7.20. The molecule has 7 heteroatoms. The van der Waals surface area contributed by atoms with Gasteiger partial charge in [0.05, 0.1) is 18.8 Å². The number of hydrogen-bond acceptors (Lipinski definition) is 5. The molecule has 3 rings (SSSR count). The summed E-state index contributed by atoms with van der Waals surface area (Å²) in [5.74, 6) is 0.226. The van der Waals surface area contributed by atoms with Gasteiger partial charge in [0.25, 0.3) is 0 Å². The van der Waals surface area contributed by atoms with Crippen LogP contribution in [-0.4, -0.2) is 78.5 Å². The van der Waals surface area contributed by atoms with Crippen LogP contribution in [0.3, 0.4) is 0 Å². The Hall–Kier alpha value is -1.44. The van der Waals surface area contributed by atoms with Gasteiger partial charge in [0.2, 0.25) is 5.91 Å². The Morgan fingerprint density at radius 1 is 1.46 bits per heavy atom. The first-order valence-electron chi connectivity index (χ1n) is 9.77. The summed E-state index contributed by atoms with van der Waals surface area (Å²) in [5.41, 5.74) is 1.38. The van der Waals surface area contributed by atoms with Crippen molar-refractivity contribution in [2.45, 2.75) is 45.3 Å². The molecule has 0 radical (unpaired) electrons. The highest BCUT2D eigenvalue weighted by molar-refractivity contribution is 5.82. The maximum absolute atomic E-state index is 13.4. The number of likely N-dealkylation sites (N-methyl/N-ethyl adjacent to an activating group) is 1. The van der Waals surface area contributed by atoms with Gasteiger partial charge in [-0.05, 0) is 51.7 Å². The first-order valence-corrected chi connectivity index (χ1v) is 9.77. The molecule has 1 amide bonds. The Kier molecular flexibility index (Phi) is 6.32. The van der Waals surface area contributed by atoms with Gasteiger partial charge >= 0.3 is 0 Å². The maximum Gasteiger partial charge on any atom is 0.240 e. The van der Waals surface area contributed by atoms with Crippen molar-refractivity contribution in [3.63, 3.8) is 0 Å². The van der Waals surface area contributed by atoms with Gasteiger partial charge in [-0.15, -0.1) is 0 Å². The Morgan fingerprint density at radius 3 is 2.88 bits per heavy atom. The van der Waals surface area contributed by atoms with E-state index in [9.17, 15) is 4.79 Å². The summed E-state index contributed by atoms with van der Waals surface area (Å²) in [7, 11) is 3.78. The summed E-state index contributed by atoms with van der Waals surface area (Å²) in [6, 6.07) is -0.0221. The fourth-order valence-electron chi connectivity index (χ4n) is 4.43. The number of hydrogen-bond donors (Lipinski definition) is 1. The van der Waals surface area contributed by atoms with E-state index < -0.39 is 0 Å². The Labute approximate surface area is 156 Å². The highest BCUT2D eigenvalue weighted by Gasteiger charge is 2.46. The Bertz CT molecular complexity index is 597. The quantitative estimate of drug-likeness (QED) is 0.782. The van der Waals surface area contributed by atoms with Crippen LogP contribution in [-0.2, 0) is 22.6 Å². The predicted octanol–water partition coefficient (Wildman–Crippen LogP) is 0.952. The molecule has 2 aliphatic rings. The number of carbonyl (C=O) groups is 1. The van der Waals surface area contributed by atoms with Crippen molar-refractivity contribution in [3.8, 4) is 0 Å². The number of nitrogens with one attached hydrogen (secondary N) is 1. The van der Waals surface area contributed by atoms with E-state index in [2.05, 4.69) is 29.3 Å². The molecular weight excluding hydrogens is 330 g/mol. The minimum atomic E-state index is -0.0221. The van der Waals surface area contributed by atoms with Crippen LogP contribution in [0.1, 0.15) is 31.7 Å². The smallest absolute Gasteiger partial charge is 0.240 e. The second-order valence-electron chi connectivity index (χ2n) is 7.84. The van der Waals surface area contributed by atoms with E-state index in [-0.39, 0.29) is 11.9 Å². The van der Waals surface area contributed by atoms with Crippen molar-refractivity contribution in [1.29, 1.82) is 0 Å². The minimum absolute atomic E-state index is 0.0221. The first kappa shape index (κ1) is 19.3. The van der Waals surface area contributed by atoms with Gasteiger partial charge in [0, 0.05) is 45.0 Å². The van der Waals surface area contributed by atoms with Gasteiger partial charge in [-0.2, -0.15) is 5.10 Å². The third-order valence-corrected chi connectivity index (χ3v) is 5.95. The van der Waals surface area contributed by atoms with Crippen LogP contribution < -0.4 is 5.32 Å². The molecule has 1 unspecified atom stereocenters. The lowest BCUT2D eigenvalue weighted by Gasteiger charge is -2.33. The molecule has 2 aliphatic heterocycles. The van der Waals surface area contributed by atoms with Crippen LogP contribution in [0.5, 0.6) is 0 Å². The number of nitrogens with zero attached hydrogens (tertiary/aromatic N) is 4. The van der Waals surface area contributed by atoms with Gasteiger partial charge in [0.15, 0.2) is 0 Å². The van der Waals surface area contributed by atoms with E-state index in [1.807, 2.05) is 22.0 Å². The summed E-state index contributed by atoms with van der Waals surface area (Å²) in [4.78, 5) is 17.6. The predicted molar refractivity (Wildman–Crippen MR) is 101 cm³/mol. The van der Waals surface area contributed by atoms with Gasteiger partial charge in [-0.3, -0.25) is 14.4 Å². The highest BCUT2D eigenvalue weighted by atomic mass is 16.5. The number of rotatable bonds is 7. The number of ether oxygens (including phenoxy) is 1. The maximum atomic E-state index is 13.4. The van der Waals surface area contributed by atoms with Crippen molar-refractivity contribution >= 4 is 5.91 Å². The lowest BCUT2D eigenvalue weighted by Crippen LogP contribution is -2.45.